The van der Waals surface area contributed by atoms with Gasteiger partial charge in [0.2, 0.25) is 0 Å². The van der Waals surface area contributed by atoms with Crippen molar-refractivity contribution in [1.29, 1.82) is 0 Å². The van der Waals surface area contributed by atoms with E-state index in [4.69, 9.17) is 4.74 Å². The van der Waals surface area contributed by atoms with Gasteiger partial charge in [0, 0.05) is 39.6 Å². The van der Waals surface area contributed by atoms with E-state index in [-0.39, 0.29) is 18.1 Å². The third kappa shape index (κ3) is 4.19. The fourth-order valence-electron chi connectivity index (χ4n) is 4.40. The molecule has 0 saturated carbocycles. The highest BCUT2D eigenvalue weighted by Gasteiger charge is 2.50. The molecule has 29 heavy (non-hydrogen) atoms. The molecular formula is C19H29N7O3. The molecule has 0 aliphatic carbocycles. The summed E-state index contributed by atoms with van der Waals surface area (Å²) in [6, 6.07) is 0. The number of rotatable bonds is 5. The van der Waals surface area contributed by atoms with Crippen molar-refractivity contribution in [2.45, 2.75) is 50.0 Å². The van der Waals surface area contributed by atoms with Crippen molar-refractivity contribution in [3.05, 3.63) is 30.9 Å². The van der Waals surface area contributed by atoms with Gasteiger partial charge in [0.1, 0.15) is 24.5 Å². The van der Waals surface area contributed by atoms with Gasteiger partial charge in [0.05, 0.1) is 30.3 Å². The number of carbonyl (C=O) groups is 1. The van der Waals surface area contributed by atoms with E-state index in [2.05, 4.69) is 25.4 Å². The topological polar surface area (TPSA) is 110 Å². The monoisotopic (exact) mass is 403 g/mol. The number of likely N-dealkylation sites (tertiary alicyclic amines) is 1. The number of hydrogen-bond donors (Lipinski definition) is 2. The molecular weight excluding hydrogens is 374 g/mol. The summed E-state index contributed by atoms with van der Waals surface area (Å²) in [5, 5.41) is 21.3. The van der Waals surface area contributed by atoms with Gasteiger partial charge in [-0.3, -0.25) is 4.79 Å². The molecule has 4 heterocycles. The number of hydrogen-bond acceptors (Lipinski definition) is 7. The summed E-state index contributed by atoms with van der Waals surface area (Å²) in [4.78, 5) is 19.1. The van der Waals surface area contributed by atoms with E-state index >= 15 is 0 Å². The molecule has 158 valence electrons. The average Bonchev–Trinajstić information content (AvgIpc) is 3.36. The molecule has 1 amide bonds. The number of amides is 1. The zero-order valence-corrected chi connectivity index (χ0v) is 17.0. The molecule has 2 aromatic heterocycles. The first-order chi connectivity index (χ1) is 13.9. The van der Waals surface area contributed by atoms with Crippen LogP contribution in [0.3, 0.4) is 0 Å². The van der Waals surface area contributed by atoms with E-state index < -0.39 is 11.6 Å². The quantitative estimate of drug-likeness (QED) is 0.712. The SMILES string of the molecule is Cn1cncc1C(=O)N[C@]1(C)CC2(CCN(CCn3cnnc3)CC2)OC[C@H]1O. The lowest BCUT2D eigenvalue weighted by atomic mass is 9.74. The van der Waals surface area contributed by atoms with Crippen LogP contribution < -0.4 is 5.32 Å². The van der Waals surface area contributed by atoms with Crippen LogP contribution in [0, 0.1) is 0 Å². The van der Waals surface area contributed by atoms with Crippen molar-refractivity contribution in [3.8, 4) is 0 Å². The number of piperidine rings is 1. The molecule has 2 aliphatic rings. The standard InChI is InChI=1S/C19H29N7O3/c1-18(23-17(28)15-9-20-12-24(15)2)11-19(29-10-16(18)27)3-5-25(6-4-19)7-8-26-13-21-22-14-26/h9,12-14,16,27H,3-8,10-11H2,1-2H3,(H,23,28)/t16-,18-/m1/s1. The molecule has 0 radical (unpaired) electrons. The van der Waals surface area contributed by atoms with Crippen LogP contribution in [0.5, 0.6) is 0 Å². The Morgan fingerprint density at radius 1 is 1.28 bits per heavy atom. The second kappa shape index (κ2) is 7.85. The number of nitrogens with one attached hydrogen (secondary N) is 1. The van der Waals surface area contributed by atoms with Crippen molar-refractivity contribution < 1.29 is 14.6 Å². The number of aryl methyl sites for hydroxylation is 1. The van der Waals surface area contributed by atoms with Crippen molar-refractivity contribution in [2.75, 3.05) is 26.2 Å². The Morgan fingerprint density at radius 3 is 2.66 bits per heavy atom. The van der Waals surface area contributed by atoms with Crippen LogP contribution >= 0.6 is 0 Å². The van der Waals surface area contributed by atoms with Crippen molar-refractivity contribution in [2.24, 2.45) is 7.05 Å². The molecule has 4 rings (SSSR count). The Morgan fingerprint density at radius 2 is 2.00 bits per heavy atom. The fourth-order valence-corrected chi connectivity index (χ4v) is 4.40. The highest BCUT2D eigenvalue weighted by Crippen LogP contribution is 2.39. The Balaban J connectivity index is 1.37. The lowest BCUT2D eigenvalue weighted by Crippen LogP contribution is -2.65. The number of ether oxygens (including phenoxy) is 1. The molecule has 2 atom stereocenters. The second-order valence-electron chi connectivity index (χ2n) is 8.49. The Labute approximate surface area is 169 Å². The van der Waals surface area contributed by atoms with Crippen LogP contribution in [0.15, 0.2) is 25.2 Å². The third-order valence-electron chi connectivity index (χ3n) is 6.33. The van der Waals surface area contributed by atoms with Crippen LogP contribution in [-0.2, 0) is 18.3 Å². The first kappa shape index (κ1) is 20.0. The van der Waals surface area contributed by atoms with Crippen LogP contribution in [-0.4, -0.2) is 83.7 Å². The molecule has 0 bridgehead atoms. The summed E-state index contributed by atoms with van der Waals surface area (Å²) in [5.74, 6) is -0.227. The van der Waals surface area contributed by atoms with Gasteiger partial charge in [-0.15, -0.1) is 10.2 Å². The maximum absolute atomic E-state index is 12.7. The highest BCUT2D eigenvalue weighted by atomic mass is 16.5. The van der Waals surface area contributed by atoms with E-state index in [0.29, 0.717) is 12.1 Å². The Hall–Kier alpha value is -2.30. The van der Waals surface area contributed by atoms with Gasteiger partial charge in [0.25, 0.3) is 5.91 Å². The lowest BCUT2D eigenvalue weighted by Gasteiger charge is -2.52. The van der Waals surface area contributed by atoms with Gasteiger partial charge in [-0.05, 0) is 19.8 Å². The summed E-state index contributed by atoms with van der Waals surface area (Å²) in [7, 11) is 1.78. The predicted octanol–water partition coefficient (Wildman–Crippen LogP) is -0.184. The number of aromatic nitrogens is 5. The summed E-state index contributed by atoms with van der Waals surface area (Å²) in [5.41, 5.74) is -0.590. The number of aliphatic hydroxyl groups excluding tert-OH is 1. The minimum Gasteiger partial charge on any atom is -0.388 e. The van der Waals surface area contributed by atoms with Crippen molar-refractivity contribution in [3.63, 3.8) is 0 Å². The van der Waals surface area contributed by atoms with Gasteiger partial charge in [-0.25, -0.2) is 4.98 Å². The summed E-state index contributed by atoms with van der Waals surface area (Å²) in [6.45, 7) is 5.77. The molecule has 1 spiro atoms. The van der Waals surface area contributed by atoms with E-state index in [1.54, 1.807) is 30.6 Å². The van der Waals surface area contributed by atoms with E-state index in [1.807, 2.05) is 11.5 Å². The van der Waals surface area contributed by atoms with E-state index in [9.17, 15) is 9.90 Å². The van der Waals surface area contributed by atoms with Gasteiger partial charge in [-0.1, -0.05) is 0 Å². The van der Waals surface area contributed by atoms with Crippen molar-refractivity contribution in [1.82, 2.24) is 34.5 Å². The number of aliphatic hydroxyl groups is 1. The van der Waals surface area contributed by atoms with Gasteiger partial charge < -0.3 is 29.2 Å². The van der Waals surface area contributed by atoms with E-state index in [1.165, 1.54) is 6.20 Å². The zero-order valence-electron chi connectivity index (χ0n) is 17.0. The molecule has 2 aromatic rings. The molecule has 10 nitrogen and oxygen atoms in total. The first-order valence-corrected chi connectivity index (χ1v) is 10.0. The van der Waals surface area contributed by atoms with Gasteiger partial charge >= 0.3 is 0 Å². The maximum atomic E-state index is 12.7. The normalized spacial score (nSPS) is 27.2. The smallest absolute Gasteiger partial charge is 0.270 e. The zero-order chi connectivity index (χ0) is 20.5. The number of nitrogens with zero attached hydrogens (tertiary/aromatic N) is 6. The van der Waals surface area contributed by atoms with Crippen LogP contribution in [0.4, 0.5) is 0 Å². The fraction of sp³-hybridized carbons (Fsp3) is 0.684. The predicted molar refractivity (Wildman–Crippen MR) is 104 cm³/mol. The largest absolute Gasteiger partial charge is 0.388 e. The second-order valence-corrected chi connectivity index (χ2v) is 8.49. The molecule has 2 N–H and O–H groups in total. The Kier molecular flexibility index (Phi) is 5.41. The summed E-state index contributed by atoms with van der Waals surface area (Å²) in [6.07, 6.45) is 8.17. The summed E-state index contributed by atoms with van der Waals surface area (Å²) < 4.78 is 9.79. The number of carbonyl (C=O) groups excluding carboxylic acids is 1. The van der Waals surface area contributed by atoms with Crippen molar-refractivity contribution >= 4 is 5.91 Å². The highest BCUT2D eigenvalue weighted by molar-refractivity contribution is 5.92. The minimum absolute atomic E-state index is 0.225. The molecule has 2 saturated heterocycles. The summed E-state index contributed by atoms with van der Waals surface area (Å²) >= 11 is 0. The first-order valence-electron chi connectivity index (χ1n) is 10.0. The molecule has 0 unspecified atom stereocenters. The van der Waals surface area contributed by atoms with E-state index in [0.717, 1.165) is 39.0 Å². The van der Waals surface area contributed by atoms with Gasteiger partial charge in [0.15, 0.2) is 0 Å². The third-order valence-corrected chi connectivity index (χ3v) is 6.33. The molecule has 2 fully saturated rings. The molecule has 0 aromatic carbocycles. The van der Waals surface area contributed by atoms with Crippen LogP contribution in [0.1, 0.15) is 36.7 Å². The maximum Gasteiger partial charge on any atom is 0.270 e. The molecule has 10 heteroatoms. The van der Waals surface area contributed by atoms with Crippen LogP contribution in [0.25, 0.3) is 0 Å². The van der Waals surface area contributed by atoms with Gasteiger partial charge in [-0.2, -0.15) is 0 Å². The Bertz CT molecular complexity index is 829. The number of imidazole rings is 1. The minimum atomic E-state index is -0.753. The lowest BCUT2D eigenvalue weighted by molar-refractivity contribution is -0.177. The average molecular weight is 403 g/mol. The van der Waals surface area contributed by atoms with Crippen LogP contribution in [0.2, 0.25) is 0 Å². The molecule has 2 aliphatic heterocycles.